The van der Waals surface area contributed by atoms with E-state index in [9.17, 15) is 0 Å². The molecule has 1 aliphatic rings. The molecule has 0 aliphatic carbocycles. The van der Waals surface area contributed by atoms with Gasteiger partial charge in [-0.15, -0.1) is 34.2 Å². The van der Waals surface area contributed by atoms with Gasteiger partial charge in [0.15, 0.2) is 11.8 Å². The molecule has 1 aliphatic heterocycles. The first-order chi connectivity index (χ1) is 15.1. The van der Waals surface area contributed by atoms with Crippen LogP contribution in [0, 0.1) is 6.92 Å². The number of benzene rings is 1. The van der Waals surface area contributed by atoms with E-state index >= 15 is 0 Å². The van der Waals surface area contributed by atoms with Crippen molar-refractivity contribution in [2.45, 2.75) is 53.1 Å². The summed E-state index contributed by atoms with van der Waals surface area (Å²) < 4.78 is 13.3. The third kappa shape index (κ3) is 7.33. The van der Waals surface area contributed by atoms with Gasteiger partial charge in [-0.05, 0) is 56.4 Å². The van der Waals surface area contributed by atoms with Crippen LogP contribution in [0.5, 0.6) is 5.75 Å². The molecule has 1 N–H and O–H groups in total. The molecule has 32 heavy (non-hydrogen) atoms. The van der Waals surface area contributed by atoms with Crippen molar-refractivity contribution < 1.29 is 9.47 Å². The van der Waals surface area contributed by atoms with Crippen molar-refractivity contribution in [3.05, 3.63) is 41.0 Å². The van der Waals surface area contributed by atoms with Gasteiger partial charge in [0.2, 0.25) is 0 Å². The maximum Gasteiger partial charge on any atom is 0.194 e. The highest BCUT2D eigenvalue weighted by Crippen LogP contribution is 2.24. The molecule has 1 aromatic carbocycles. The molecule has 1 aromatic heterocycles. The Bertz CT molecular complexity index is 870. The Kier molecular flexibility index (Phi) is 11.2. The summed E-state index contributed by atoms with van der Waals surface area (Å²) in [7, 11) is 1.98. The highest BCUT2D eigenvalue weighted by Gasteiger charge is 2.20. The maximum absolute atomic E-state index is 5.80. The van der Waals surface area contributed by atoms with Crippen molar-refractivity contribution in [3.8, 4) is 5.75 Å². The Balaban J connectivity index is 0.00000363. The SMILES string of the molecule is CCCOc1ccc2c(c1)CCN(C(=NCc1nnc(C)n1C)NCCCOCC)C2.I. The van der Waals surface area contributed by atoms with Crippen molar-refractivity contribution >= 4 is 29.9 Å². The second-order valence-electron chi connectivity index (χ2n) is 7.79. The fourth-order valence-electron chi connectivity index (χ4n) is 3.54. The highest BCUT2D eigenvalue weighted by molar-refractivity contribution is 14.0. The molecule has 0 amide bonds. The molecule has 3 rings (SSSR count). The van der Waals surface area contributed by atoms with Gasteiger partial charge in [-0.25, -0.2) is 4.99 Å². The minimum absolute atomic E-state index is 0. The van der Waals surface area contributed by atoms with E-state index in [0.717, 1.165) is 82.1 Å². The van der Waals surface area contributed by atoms with Crippen LogP contribution in [0.3, 0.4) is 0 Å². The monoisotopic (exact) mass is 556 g/mol. The third-order valence-corrected chi connectivity index (χ3v) is 5.47. The predicted molar refractivity (Wildman–Crippen MR) is 138 cm³/mol. The summed E-state index contributed by atoms with van der Waals surface area (Å²) in [5.41, 5.74) is 2.69. The zero-order valence-corrected chi connectivity index (χ0v) is 22.1. The average molecular weight is 556 g/mol. The zero-order valence-electron chi connectivity index (χ0n) is 19.8. The number of hydrogen-bond acceptors (Lipinski definition) is 5. The first-order valence-corrected chi connectivity index (χ1v) is 11.3. The van der Waals surface area contributed by atoms with E-state index in [0.29, 0.717) is 6.54 Å². The van der Waals surface area contributed by atoms with E-state index in [-0.39, 0.29) is 24.0 Å². The summed E-state index contributed by atoms with van der Waals surface area (Å²) in [5, 5.41) is 11.9. The molecule has 0 saturated heterocycles. The molecule has 0 fully saturated rings. The molecule has 178 valence electrons. The van der Waals surface area contributed by atoms with Gasteiger partial charge in [0.25, 0.3) is 0 Å². The number of halogens is 1. The van der Waals surface area contributed by atoms with Crippen molar-refractivity contribution in [1.29, 1.82) is 0 Å². The molecule has 0 unspecified atom stereocenters. The van der Waals surface area contributed by atoms with Gasteiger partial charge in [-0.1, -0.05) is 13.0 Å². The second kappa shape index (κ2) is 13.6. The molecule has 0 bridgehead atoms. The van der Waals surface area contributed by atoms with Gasteiger partial charge in [0, 0.05) is 39.9 Å². The van der Waals surface area contributed by atoms with E-state index in [1.54, 1.807) is 0 Å². The first kappa shape index (κ1) is 26.4. The van der Waals surface area contributed by atoms with Gasteiger partial charge in [0.1, 0.15) is 18.1 Å². The van der Waals surface area contributed by atoms with E-state index in [1.165, 1.54) is 11.1 Å². The Labute approximate surface area is 208 Å². The van der Waals surface area contributed by atoms with Crippen LogP contribution in [-0.2, 0) is 31.3 Å². The quantitative estimate of drug-likeness (QED) is 0.209. The molecule has 0 atom stereocenters. The lowest BCUT2D eigenvalue weighted by atomic mass is 9.99. The average Bonchev–Trinajstić information content (AvgIpc) is 3.11. The van der Waals surface area contributed by atoms with E-state index in [1.807, 2.05) is 25.5 Å². The number of aryl methyl sites for hydroxylation is 1. The minimum atomic E-state index is 0. The molecule has 2 heterocycles. The lowest BCUT2D eigenvalue weighted by Gasteiger charge is -2.32. The molecule has 0 spiro atoms. The molecule has 8 nitrogen and oxygen atoms in total. The maximum atomic E-state index is 5.80. The van der Waals surface area contributed by atoms with Gasteiger partial charge >= 0.3 is 0 Å². The molecular weight excluding hydrogens is 519 g/mol. The third-order valence-electron chi connectivity index (χ3n) is 5.47. The van der Waals surface area contributed by atoms with Crippen molar-refractivity contribution in [3.63, 3.8) is 0 Å². The topological polar surface area (TPSA) is 76.8 Å². The number of aromatic nitrogens is 3. The van der Waals surface area contributed by atoms with Crippen LogP contribution in [0.1, 0.15) is 49.5 Å². The molecular formula is C23H37IN6O2. The summed E-state index contributed by atoms with van der Waals surface area (Å²) in [4.78, 5) is 7.20. The summed E-state index contributed by atoms with van der Waals surface area (Å²) in [6.07, 6.45) is 2.94. The molecule has 2 aromatic rings. The molecule has 9 heteroatoms. The number of aliphatic imine (C=N–C) groups is 1. The smallest absolute Gasteiger partial charge is 0.194 e. The number of ether oxygens (including phenoxy) is 2. The number of nitrogens with zero attached hydrogens (tertiary/aromatic N) is 5. The predicted octanol–water partition coefficient (Wildman–Crippen LogP) is 3.46. The summed E-state index contributed by atoms with van der Waals surface area (Å²) >= 11 is 0. The van der Waals surface area contributed by atoms with Crippen LogP contribution in [0.4, 0.5) is 0 Å². The van der Waals surface area contributed by atoms with E-state index in [2.05, 4.69) is 45.5 Å². The zero-order chi connectivity index (χ0) is 22.1. The number of fused-ring (bicyclic) bond motifs is 1. The standard InChI is InChI=1S/C23H36N6O2.HI/c1-5-13-31-21-9-8-20-17-29(12-10-19(20)15-21)23(24-11-7-14-30-6-2)25-16-22-27-26-18(3)28(22)4;/h8-9,15H,5-7,10-14,16-17H2,1-4H3,(H,24,25);1H. The van der Waals surface area contributed by atoms with Crippen LogP contribution in [0.2, 0.25) is 0 Å². The number of guanidine groups is 1. The summed E-state index contributed by atoms with van der Waals surface area (Å²) in [5.74, 6) is 3.63. The van der Waals surface area contributed by atoms with Crippen molar-refractivity contribution in [1.82, 2.24) is 25.0 Å². The summed E-state index contributed by atoms with van der Waals surface area (Å²) in [6, 6.07) is 6.45. The van der Waals surface area contributed by atoms with Crippen molar-refractivity contribution in [2.75, 3.05) is 32.9 Å². The van der Waals surface area contributed by atoms with Crippen LogP contribution in [-0.4, -0.2) is 58.5 Å². The Morgan fingerprint density at radius 2 is 2.03 bits per heavy atom. The number of hydrogen-bond donors (Lipinski definition) is 1. The van der Waals surface area contributed by atoms with Crippen LogP contribution in [0.25, 0.3) is 0 Å². The fraction of sp³-hybridized carbons (Fsp3) is 0.609. The van der Waals surface area contributed by atoms with Gasteiger partial charge < -0.3 is 24.3 Å². The second-order valence-corrected chi connectivity index (χ2v) is 7.79. The summed E-state index contributed by atoms with van der Waals surface area (Å²) in [6.45, 7) is 11.4. The lowest BCUT2D eigenvalue weighted by molar-refractivity contribution is 0.145. The normalized spacial score (nSPS) is 13.5. The molecule has 0 radical (unpaired) electrons. The minimum Gasteiger partial charge on any atom is -0.494 e. The van der Waals surface area contributed by atoms with Gasteiger partial charge in [-0.2, -0.15) is 0 Å². The number of nitrogens with one attached hydrogen (secondary N) is 1. The number of rotatable bonds is 10. The van der Waals surface area contributed by atoms with Crippen molar-refractivity contribution in [2.24, 2.45) is 12.0 Å². The lowest BCUT2D eigenvalue weighted by Crippen LogP contribution is -2.44. The van der Waals surface area contributed by atoms with Crippen LogP contribution in [0.15, 0.2) is 23.2 Å². The van der Waals surface area contributed by atoms with Gasteiger partial charge in [0.05, 0.1) is 6.61 Å². The molecule has 0 saturated carbocycles. The van der Waals surface area contributed by atoms with Crippen LogP contribution < -0.4 is 10.1 Å². The van der Waals surface area contributed by atoms with E-state index in [4.69, 9.17) is 14.5 Å². The first-order valence-electron chi connectivity index (χ1n) is 11.3. The Morgan fingerprint density at radius 1 is 1.19 bits per heavy atom. The van der Waals surface area contributed by atoms with E-state index < -0.39 is 0 Å². The highest BCUT2D eigenvalue weighted by atomic mass is 127. The van der Waals surface area contributed by atoms with Gasteiger partial charge in [-0.3, -0.25) is 0 Å². The Morgan fingerprint density at radius 3 is 2.75 bits per heavy atom. The fourth-order valence-corrected chi connectivity index (χ4v) is 3.54. The van der Waals surface area contributed by atoms with Crippen LogP contribution >= 0.6 is 24.0 Å². The largest absolute Gasteiger partial charge is 0.494 e. The Hall–Kier alpha value is -1.88.